The van der Waals surface area contributed by atoms with E-state index in [9.17, 15) is 9.59 Å². The number of thiophene rings is 2. The highest BCUT2D eigenvalue weighted by Crippen LogP contribution is 2.41. The second-order valence-electron chi connectivity index (χ2n) is 13.7. The maximum absolute atomic E-state index is 13.7. The van der Waals surface area contributed by atoms with Crippen LogP contribution in [0.1, 0.15) is 56.1 Å². The fourth-order valence-corrected chi connectivity index (χ4v) is 8.82. The van der Waals surface area contributed by atoms with Crippen molar-refractivity contribution in [2.24, 2.45) is 9.98 Å². The number of aromatic nitrogens is 1. The molecule has 13 heteroatoms. The minimum atomic E-state index is -0.148. The molecular formula is C43H37N5O6S2. The topological polar surface area (TPSA) is 115 Å². The van der Waals surface area contributed by atoms with Crippen molar-refractivity contribution < 1.29 is 28.5 Å². The molecule has 2 amide bonds. The highest BCUT2D eigenvalue weighted by atomic mass is 32.1. The minimum Gasteiger partial charge on any atom is -0.493 e. The van der Waals surface area contributed by atoms with Gasteiger partial charge in [0.1, 0.15) is 13.2 Å². The van der Waals surface area contributed by atoms with E-state index in [1.165, 1.54) is 22.3 Å². The number of ether oxygens (including phenoxy) is 4. The van der Waals surface area contributed by atoms with Gasteiger partial charge in [0, 0.05) is 37.7 Å². The van der Waals surface area contributed by atoms with E-state index < -0.39 is 0 Å². The van der Waals surface area contributed by atoms with Crippen molar-refractivity contribution in [3.8, 4) is 23.0 Å². The minimum absolute atomic E-state index is 0.0941. The summed E-state index contributed by atoms with van der Waals surface area (Å²) in [6.45, 7) is 1.30. The number of amides is 2. The molecule has 3 aromatic heterocycles. The molecule has 0 aliphatic carbocycles. The zero-order valence-corrected chi connectivity index (χ0v) is 32.3. The first-order valence-corrected chi connectivity index (χ1v) is 20.1. The molecule has 2 atom stereocenters. The molecule has 0 spiro atoms. The molecule has 2 aromatic carbocycles. The molecule has 11 nitrogen and oxygen atoms in total. The SMILES string of the molecule is COc1cc2c(cc1OCc1cccc(COc3cc4c(cc3OC)C(=O)N3CC=C(c5ccsc5)C[C@H]3C=N4)n1)N=C[C@@H]1CC(c3ccsc3)=CCN1C2=O. The number of aliphatic imine (C=N–C) groups is 2. The molecule has 0 N–H and O–H groups in total. The molecule has 56 heavy (non-hydrogen) atoms. The second-order valence-corrected chi connectivity index (χ2v) is 15.3. The Labute approximate surface area is 331 Å². The van der Waals surface area contributed by atoms with Crippen molar-refractivity contribution in [1.29, 1.82) is 0 Å². The normalized spacial score (nSPS) is 18.5. The van der Waals surface area contributed by atoms with Crippen molar-refractivity contribution in [3.63, 3.8) is 0 Å². The molecule has 0 saturated heterocycles. The van der Waals surface area contributed by atoms with E-state index in [1.807, 2.05) is 40.4 Å². The van der Waals surface area contributed by atoms with Gasteiger partial charge >= 0.3 is 0 Å². The van der Waals surface area contributed by atoms with Crippen LogP contribution < -0.4 is 18.9 Å². The second kappa shape index (κ2) is 15.2. The molecule has 0 unspecified atom stereocenters. The number of rotatable bonds is 10. The van der Waals surface area contributed by atoms with Crippen LogP contribution >= 0.6 is 22.7 Å². The molecule has 0 radical (unpaired) electrons. The summed E-state index contributed by atoms with van der Waals surface area (Å²) >= 11 is 3.32. The van der Waals surface area contributed by atoms with Crippen LogP contribution in [0.2, 0.25) is 0 Å². The monoisotopic (exact) mass is 783 g/mol. The van der Waals surface area contributed by atoms with Crippen molar-refractivity contribution in [2.45, 2.75) is 38.1 Å². The molecule has 7 heterocycles. The predicted octanol–water partition coefficient (Wildman–Crippen LogP) is 8.41. The molecule has 0 fully saturated rings. The maximum atomic E-state index is 13.7. The molecule has 9 rings (SSSR count). The first-order chi connectivity index (χ1) is 27.4. The summed E-state index contributed by atoms with van der Waals surface area (Å²) in [5.41, 5.74) is 8.17. The molecule has 4 aliphatic rings. The third kappa shape index (κ3) is 6.88. The van der Waals surface area contributed by atoms with Crippen LogP contribution in [0, 0.1) is 0 Å². The third-order valence-electron chi connectivity index (χ3n) is 10.4. The Bertz CT molecular complexity index is 2270. The first-order valence-electron chi connectivity index (χ1n) is 18.2. The Kier molecular flexibility index (Phi) is 9.70. The number of hydrogen-bond donors (Lipinski definition) is 0. The number of hydrogen-bond acceptors (Lipinski definition) is 11. The number of pyridine rings is 1. The number of methoxy groups -OCH3 is 2. The summed E-state index contributed by atoms with van der Waals surface area (Å²) < 4.78 is 23.8. The van der Waals surface area contributed by atoms with Gasteiger partial charge in [0.2, 0.25) is 0 Å². The Morgan fingerprint density at radius 1 is 0.661 bits per heavy atom. The average Bonchev–Trinajstić information content (AvgIpc) is 3.95. The van der Waals surface area contributed by atoms with Crippen molar-refractivity contribution in [2.75, 3.05) is 27.3 Å². The number of benzene rings is 2. The Morgan fingerprint density at radius 2 is 1.14 bits per heavy atom. The van der Waals surface area contributed by atoms with Gasteiger partial charge in [0.25, 0.3) is 11.8 Å². The van der Waals surface area contributed by atoms with E-state index in [4.69, 9.17) is 33.9 Å². The number of fused-ring (bicyclic) bond motifs is 4. The highest BCUT2D eigenvalue weighted by molar-refractivity contribution is 7.08. The van der Waals surface area contributed by atoms with E-state index in [1.54, 1.807) is 61.2 Å². The van der Waals surface area contributed by atoms with Gasteiger partial charge in [-0.3, -0.25) is 24.6 Å². The van der Waals surface area contributed by atoms with E-state index in [0.29, 0.717) is 82.8 Å². The quantitative estimate of drug-likeness (QED) is 0.140. The van der Waals surface area contributed by atoms with Crippen LogP contribution in [0.4, 0.5) is 11.4 Å². The van der Waals surface area contributed by atoms with Crippen LogP contribution in [-0.2, 0) is 13.2 Å². The Balaban J connectivity index is 0.880. The summed E-state index contributed by atoms with van der Waals surface area (Å²) in [4.78, 5) is 45.4. The standard InChI is InChI=1S/C43H37N5O6S2/c1-51-38-16-34-36(44-20-32-14-26(28-8-12-55-24-28)6-10-47(32)42(34)49)18-40(38)53-22-30-4-3-5-31(46-30)23-54-41-19-37-35(17-39(41)52-2)43(50)48-11-7-27(15-33(48)21-45-37)29-9-13-56-25-29/h3-9,12-13,16-21,24-25,32-33H,10-11,14-15,22-23H2,1-2H3/t32-,33-/m0/s1. The van der Waals surface area contributed by atoms with E-state index >= 15 is 0 Å². The van der Waals surface area contributed by atoms with E-state index in [-0.39, 0.29) is 37.1 Å². The predicted molar refractivity (Wildman–Crippen MR) is 219 cm³/mol. The van der Waals surface area contributed by atoms with Gasteiger partial charge in [-0.15, -0.1) is 0 Å². The van der Waals surface area contributed by atoms with Crippen LogP contribution in [0.5, 0.6) is 23.0 Å². The number of carbonyl (C=O) groups excluding carboxylic acids is 2. The first kappa shape index (κ1) is 35.6. The molecule has 4 aliphatic heterocycles. The Morgan fingerprint density at radius 3 is 1.57 bits per heavy atom. The van der Waals surface area contributed by atoms with Crippen molar-refractivity contribution in [1.82, 2.24) is 14.8 Å². The van der Waals surface area contributed by atoms with Crippen LogP contribution in [0.3, 0.4) is 0 Å². The molecule has 0 saturated carbocycles. The summed E-state index contributed by atoms with van der Waals surface area (Å²) in [7, 11) is 3.10. The molecule has 5 aromatic rings. The van der Waals surface area contributed by atoms with Crippen LogP contribution in [-0.4, -0.2) is 78.4 Å². The van der Waals surface area contributed by atoms with Gasteiger partial charge in [0.05, 0.1) is 60.2 Å². The summed E-state index contributed by atoms with van der Waals surface area (Å²) in [6.07, 6.45) is 9.37. The van der Waals surface area contributed by atoms with Gasteiger partial charge in [-0.05, 0) is 93.0 Å². The average molecular weight is 784 g/mol. The Hall–Kier alpha value is -6.05. The van der Waals surface area contributed by atoms with Crippen LogP contribution in [0.15, 0.2) is 98.3 Å². The van der Waals surface area contributed by atoms with Gasteiger partial charge in [0.15, 0.2) is 23.0 Å². The summed E-state index contributed by atoms with van der Waals surface area (Å²) in [6, 6.07) is 16.5. The maximum Gasteiger partial charge on any atom is 0.257 e. The van der Waals surface area contributed by atoms with E-state index in [0.717, 1.165) is 0 Å². The summed E-state index contributed by atoms with van der Waals surface area (Å²) in [5, 5.41) is 8.39. The lowest BCUT2D eigenvalue weighted by Gasteiger charge is -2.32. The molecular weight excluding hydrogens is 747 g/mol. The fourth-order valence-electron chi connectivity index (χ4n) is 7.46. The van der Waals surface area contributed by atoms with Gasteiger partial charge in [-0.25, -0.2) is 0 Å². The zero-order valence-electron chi connectivity index (χ0n) is 30.7. The smallest absolute Gasteiger partial charge is 0.257 e. The van der Waals surface area contributed by atoms with Gasteiger partial charge in [-0.1, -0.05) is 18.2 Å². The number of carbonyl (C=O) groups is 2. The third-order valence-corrected chi connectivity index (χ3v) is 11.8. The van der Waals surface area contributed by atoms with Crippen molar-refractivity contribution >= 4 is 69.4 Å². The molecule has 0 bridgehead atoms. The van der Waals surface area contributed by atoms with Gasteiger partial charge < -0.3 is 28.7 Å². The van der Waals surface area contributed by atoms with Gasteiger partial charge in [-0.2, -0.15) is 22.7 Å². The fraction of sp³-hybridized carbons (Fsp3) is 0.233. The van der Waals surface area contributed by atoms with E-state index in [2.05, 4.69) is 45.8 Å². The largest absolute Gasteiger partial charge is 0.493 e. The molecule has 282 valence electrons. The summed E-state index contributed by atoms with van der Waals surface area (Å²) in [5.74, 6) is 1.59. The lowest BCUT2D eigenvalue weighted by atomic mass is 9.96. The van der Waals surface area contributed by atoms with Crippen LogP contribution in [0.25, 0.3) is 11.1 Å². The lowest BCUT2D eigenvalue weighted by Crippen LogP contribution is -2.43. The highest BCUT2D eigenvalue weighted by Gasteiger charge is 2.34. The zero-order chi connectivity index (χ0) is 38.2. The van der Waals surface area contributed by atoms with Crippen molar-refractivity contribution in [3.05, 3.63) is 122 Å². The number of nitrogens with zero attached hydrogens (tertiary/aromatic N) is 5. The lowest BCUT2D eigenvalue weighted by molar-refractivity contribution is 0.0740.